The van der Waals surface area contributed by atoms with Gasteiger partial charge in [0.2, 0.25) is 0 Å². The molecule has 0 radical (unpaired) electrons. The fourth-order valence-corrected chi connectivity index (χ4v) is 2.36. The van der Waals surface area contributed by atoms with Gasteiger partial charge in [0.25, 0.3) is 5.56 Å². The van der Waals surface area contributed by atoms with Gasteiger partial charge in [-0.25, -0.2) is 4.79 Å². The highest BCUT2D eigenvalue weighted by molar-refractivity contribution is 5.75. The number of aromatic amines is 1. The van der Waals surface area contributed by atoms with Gasteiger partial charge in [0.05, 0.1) is 0 Å². The summed E-state index contributed by atoms with van der Waals surface area (Å²) in [6.45, 7) is 3.34. The molecule has 0 saturated carbocycles. The number of hydrogen-bond donors (Lipinski definition) is 4. The van der Waals surface area contributed by atoms with Crippen molar-refractivity contribution in [1.29, 1.82) is 0 Å². The number of nitrogens with zero attached hydrogens (tertiary/aromatic N) is 2. The Bertz CT molecular complexity index is 718. The summed E-state index contributed by atoms with van der Waals surface area (Å²) in [6.07, 6.45) is -3.79. The summed E-state index contributed by atoms with van der Waals surface area (Å²) in [5.41, 5.74) is 4.14. The minimum Gasteiger partial charge on any atom is -0.462 e. The lowest BCUT2D eigenvalue weighted by Crippen LogP contribution is -2.41. The minimum atomic E-state index is -1.50. The molecule has 1 aromatic rings. The second-order valence-electron chi connectivity index (χ2n) is 5.97. The maximum absolute atomic E-state index is 11.9. The molecule has 1 aliphatic heterocycles. The minimum absolute atomic E-state index is 0.0795. The van der Waals surface area contributed by atoms with E-state index in [0.717, 1.165) is 6.20 Å². The number of esters is 1. The highest BCUT2D eigenvalue weighted by atomic mass is 16.6. The zero-order chi connectivity index (χ0) is 18.7. The molecule has 1 fully saturated rings. The third-order valence-electron chi connectivity index (χ3n) is 4.23. The van der Waals surface area contributed by atoms with E-state index in [9.17, 15) is 24.6 Å². The van der Waals surface area contributed by atoms with Crippen LogP contribution in [0.4, 0.5) is 0 Å². The van der Waals surface area contributed by atoms with Crippen LogP contribution in [-0.4, -0.2) is 61.9 Å². The highest BCUT2D eigenvalue weighted by Gasteiger charge is 2.45. The number of H-pyrrole nitrogens is 1. The van der Waals surface area contributed by atoms with Crippen molar-refractivity contribution in [3.63, 3.8) is 0 Å². The van der Waals surface area contributed by atoms with Gasteiger partial charge in [-0.1, -0.05) is 20.3 Å². The summed E-state index contributed by atoms with van der Waals surface area (Å²) in [5.74, 6) is -0.730. The maximum Gasteiger partial charge on any atom is 0.347 e. The summed E-state index contributed by atoms with van der Waals surface area (Å²) in [4.78, 5) is 36.6. The third-order valence-corrected chi connectivity index (χ3v) is 4.23. The Balaban J connectivity index is 2.03. The number of nitrogens with two attached hydrogens (primary N) is 1. The number of ether oxygens (including phenoxy) is 2. The van der Waals surface area contributed by atoms with Crippen LogP contribution in [0.1, 0.15) is 26.5 Å². The Labute approximate surface area is 142 Å². The van der Waals surface area contributed by atoms with Crippen molar-refractivity contribution in [3.8, 4) is 0 Å². The molecule has 2 unspecified atom stereocenters. The number of aliphatic hydroxyl groups is 2. The molecule has 0 amide bonds. The van der Waals surface area contributed by atoms with E-state index in [1.54, 1.807) is 6.92 Å². The van der Waals surface area contributed by atoms with E-state index < -0.39 is 47.8 Å². The molecule has 1 aliphatic rings. The lowest BCUT2D eigenvalue weighted by Gasteiger charge is -2.19. The molecule has 5 N–H and O–H groups in total. The van der Waals surface area contributed by atoms with Crippen LogP contribution in [0, 0.1) is 5.92 Å². The third kappa shape index (κ3) is 4.12. The Hall–Kier alpha value is -2.08. The van der Waals surface area contributed by atoms with Crippen molar-refractivity contribution < 1.29 is 24.5 Å². The van der Waals surface area contributed by atoms with Crippen LogP contribution in [0.5, 0.6) is 0 Å². The van der Waals surface area contributed by atoms with E-state index in [-0.39, 0.29) is 12.5 Å². The van der Waals surface area contributed by atoms with Crippen LogP contribution >= 0.6 is 0 Å². The van der Waals surface area contributed by atoms with Gasteiger partial charge in [0.1, 0.15) is 37.2 Å². The molecule has 1 saturated heterocycles. The Kier molecular flexibility index (Phi) is 6.06. The number of aromatic nitrogens is 3. The van der Waals surface area contributed by atoms with Crippen molar-refractivity contribution >= 4 is 5.97 Å². The summed E-state index contributed by atoms with van der Waals surface area (Å²) >= 11 is 0. The number of hydrogen-bond acceptors (Lipinski definition) is 9. The van der Waals surface area contributed by atoms with Crippen LogP contribution in [0.2, 0.25) is 0 Å². The molecule has 11 nitrogen and oxygen atoms in total. The van der Waals surface area contributed by atoms with Gasteiger partial charge in [0, 0.05) is 0 Å². The van der Waals surface area contributed by atoms with Crippen LogP contribution in [0.3, 0.4) is 0 Å². The molecule has 140 valence electrons. The van der Waals surface area contributed by atoms with E-state index in [4.69, 9.17) is 15.2 Å². The number of carbonyl (C=O) groups excluding carboxylic acids is 1. The zero-order valence-corrected chi connectivity index (χ0v) is 13.9. The quantitative estimate of drug-likeness (QED) is 0.400. The maximum atomic E-state index is 11.9. The number of rotatable bonds is 6. The van der Waals surface area contributed by atoms with E-state index in [0.29, 0.717) is 11.1 Å². The van der Waals surface area contributed by atoms with Crippen molar-refractivity contribution in [2.75, 3.05) is 6.61 Å². The van der Waals surface area contributed by atoms with Crippen molar-refractivity contribution in [2.24, 2.45) is 11.7 Å². The lowest BCUT2D eigenvalue weighted by atomic mass is 10.0. The van der Waals surface area contributed by atoms with E-state index in [2.05, 4.69) is 5.10 Å². The highest BCUT2D eigenvalue weighted by Crippen LogP contribution is 2.28. The standard InChI is InChI=1S/C14H22N4O7/c1-3-6(2)9(15)13(22)24-5-7-10(20)11(21)12(25-7)18-14(23)17-8(19)4-16-18/h4,6-7,9-12,20-21H,3,5,15H2,1-2H3,(H,17,19,23)/t6-,7-,9-,10?,11?,12-/m1/s1. The first-order chi connectivity index (χ1) is 11.8. The first kappa shape index (κ1) is 19.2. The van der Waals surface area contributed by atoms with Gasteiger partial charge in [0.15, 0.2) is 6.23 Å². The second-order valence-corrected chi connectivity index (χ2v) is 5.97. The molecule has 11 heteroatoms. The molecule has 0 bridgehead atoms. The fourth-order valence-electron chi connectivity index (χ4n) is 2.36. The largest absolute Gasteiger partial charge is 0.462 e. The van der Waals surface area contributed by atoms with E-state index >= 15 is 0 Å². The molecule has 1 aromatic heterocycles. The summed E-state index contributed by atoms with van der Waals surface area (Å²) in [5, 5.41) is 23.6. The van der Waals surface area contributed by atoms with Crippen molar-refractivity contribution in [1.82, 2.24) is 14.8 Å². The zero-order valence-electron chi connectivity index (χ0n) is 13.9. The monoisotopic (exact) mass is 358 g/mol. The first-order valence-electron chi connectivity index (χ1n) is 7.88. The predicted molar refractivity (Wildman–Crippen MR) is 83.4 cm³/mol. The Morgan fingerprint density at radius 1 is 1.48 bits per heavy atom. The average Bonchev–Trinajstić information content (AvgIpc) is 2.86. The van der Waals surface area contributed by atoms with Gasteiger partial charge in [-0.3, -0.25) is 14.6 Å². The van der Waals surface area contributed by atoms with Crippen molar-refractivity contribution in [2.45, 2.75) is 50.8 Å². The van der Waals surface area contributed by atoms with Crippen molar-refractivity contribution in [3.05, 3.63) is 27.0 Å². The summed E-state index contributed by atoms with van der Waals surface area (Å²) < 4.78 is 11.1. The number of nitrogens with one attached hydrogen (secondary N) is 1. The van der Waals surface area contributed by atoms with E-state index in [1.165, 1.54) is 0 Å². The van der Waals surface area contributed by atoms with E-state index in [1.807, 2.05) is 11.9 Å². The second kappa shape index (κ2) is 7.87. The predicted octanol–water partition coefficient (Wildman–Crippen LogP) is -2.53. The number of carbonyl (C=O) groups is 1. The molecular weight excluding hydrogens is 336 g/mol. The molecule has 0 aromatic carbocycles. The Morgan fingerprint density at radius 3 is 2.76 bits per heavy atom. The van der Waals surface area contributed by atoms with Crippen LogP contribution in [0.15, 0.2) is 15.8 Å². The van der Waals surface area contributed by atoms with Crippen LogP contribution < -0.4 is 17.0 Å². The summed E-state index contributed by atoms with van der Waals surface area (Å²) in [6, 6.07) is -0.812. The van der Waals surface area contributed by atoms with Crippen LogP contribution in [0.25, 0.3) is 0 Å². The molecule has 0 aliphatic carbocycles. The number of aliphatic hydroxyl groups excluding tert-OH is 2. The van der Waals surface area contributed by atoms with Gasteiger partial charge in [-0.05, 0) is 5.92 Å². The molecule has 2 rings (SSSR count). The SMILES string of the molecule is CC[C@@H](C)[C@@H](N)C(=O)OC[C@H]1O[C@@H](n2ncc(=O)[nH]c2=O)C(O)C1O. The Morgan fingerprint density at radius 2 is 2.16 bits per heavy atom. The van der Waals surface area contributed by atoms with Gasteiger partial charge < -0.3 is 25.4 Å². The molecular formula is C14H22N4O7. The topological polar surface area (TPSA) is 170 Å². The average molecular weight is 358 g/mol. The molecule has 6 atom stereocenters. The fraction of sp³-hybridized carbons (Fsp3) is 0.714. The van der Waals surface area contributed by atoms with Gasteiger partial charge >= 0.3 is 11.7 Å². The normalized spacial score (nSPS) is 28.5. The van der Waals surface area contributed by atoms with Gasteiger partial charge in [-0.2, -0.15) is 9.78 Å². The smallest absolute Gasteiger partial charge is 0.347 e. The first-order valence-corrected chi connectivity index (χ1v) is 7.88. The van der Waals surface area contributed by atoms with Crippen LogP contribution in [-0.2, 0) is 14.3 Å². The summed E-state index contributed by atoms with van der Waals surface area (Å²) in [7, 11) is 0. The molecule has 0 spiro atoms. The molecule has 2 heterocycles. The molecule has 25 heavy (non-hydrogen) atoms. The van der Waals surface area contributed by atoms with Gasteiger partial charge in [-0.15, -0.1) is 0 Å². The lowest BCUT2D eigenvalue weighted by molar-refractivity contribution is -0.153.